The Labute approximate surface area is 198 Å². The summed E-state index contributed by atoms with van der Waals surface area (Å²) in [6.07, 6.45) is -0.248. The van der Waals surface area contributed by atoms with Crippen LogP contribution in [-0.2, 0) is 26.2 Å². The van der Waals surface area contributed by atoms with E-state index in [9.17, 15) is 18.0 Å². The zero-order valence-corrected chi connectivity index (χ0v) is 19.8. The lowest BCUT2D eigenvalue weighted by atomic mass is 10.2. The molecule has 0 saturated carbocycles. The first-order valence-electron chi connectivity index (χ1n) is 10.4. The van der Waals surface area contributed by atoms with Crippen LogP contribution in [0.5, 0.6) is 0 Å². The molecule has 0 aliphatic carbocycles. The highest BCUT2D eigenvalue weighted by atomic mass is 35.5. The van der Waals surface area contributed by atoms with Crippen molar-refractivity contribution in [1.82, 2.24) is 4.31 Å². The van der Waals surface area contributed by atoms with Crippen LogP contribution in [0.2, 0.25) is 5.02 Å². The molecule has 6 nitrogen and oxygen atoms in total. The van der Waals surface area contributed by atoms with Gasteiger partial charge in [0.1, 0.15) is 6.04 Å². The van der Waals surface area contributed by atoms with Crippen LogP contribution in [-0.4, -0.2) is 30.6 Å². The molecule has 1 aliphatic rings. The molecule has 3 aromatic rings. The quantitative estimate of drug-likeness (QED) is 0.485. The molecular formula is C25H23ClN2O4S. The van der Waals surface area contributed by atoms with Gasteiger partial charge >= 0.3 is 0 Å². The number of hydrogen-bond acceptors (Lipinski definition) is 4. The van der Waals surface area contributed by atoms with Crippen LogP contribution in [0.4, 0.5) is 5.69 Å². The summed E-state index contributed by atoms with van der Waals surface area (Å²) in [7, 11) is -4.11. The minimum absolute atomic E-state index is 0.0502. The lowest BCUT2D eigenvalue weighted by Crippen LogP contribution is -2.45. The third-order valence-electron chi connectivity index (χ3n) is 5.67. The van der Waals surface area contributed by atoms with Crippen LogP contribution in [0.1, 0.15) is 23.1 Å². The van der Waals surface area contributed by atoms with Crippen molar-refractivity contribution in [1.29, 1.82) is 0 Å². The monoisotopic (exact) mass is 482 g/mol. The highest BCUT2D eigenvalue weighted by Crippen LogP contribution is 2.32. The van der Waals surface area contributed by atoms with Crippen LogP contribution in [0.25, 0.3) is 0 Å². The number of rotatable bonds is 6. The van der Waals surface area contributed by atoms with Crippen molar-refractivity contribution < 1.29 is 18.0 Å². The minimum atomic E-state index is -4.11. The molecule has 33 heavy (non-hydrogen) atoms. The SMILES string of the molecule is Cc1ccc(N2C(=O)CC(N(Cc3ccccc3Cl)S(=O)(=O)c3ccc(C)cc3)C2=O)cc1. The van der Waals surface area contributed by atoms with Crippen LogP contribution in [0, 0.1) is 13.8 Å². The van der Waals surface area contributed by atoms with Crippen molar-refractivity contribution in [2.24, 2.45) is 0 Å². The summed E-state index contributed by atoms with van der Waals surface area (Å²) >= 11 is 6.31. The van der Waals surface area contributed by atoms with E-state index in [0.29, 0.717) is 16.3 Å². The van der Waals surface area contributed by atoms with Crippen LogP contribution in [0.15, 0.2) is 77.7 Å². The van der Waals surface area contributed by atoms with Gasteiger partial charge in [0, 0.05) is 11.6 Å². The second-order valence-corrected chi connectivity index (χ2v) is 10.4. The van der Waals surface area contributed by atoms with Gasteiger partial charge in [-0.05, 0) is 49.7 Å². The molecule has 0 bridgehead atoms. The Morgan fingerprint density at radius 1 is 0.909 bits per heavy atom. The summed E-state index contributed by atoms with van der Waals surface area (Å²) in [5, 5.41) is 0.383. The van der Waals surface area contributed by atoms with Crippen LogP contribution in [0.3, 0.4) is 0 Å². The largest absolute Gasteiger partial charge is 0.274 e. The second kappa shape index (κ2) is 9.09. The number of imide groups is 1. The highest BCUT2D eigenvalue weighted by Gasteiger charge is 2.47. The Kier molecular flexibility index (Phi) is 6.38. The minimum Gasteiger partial charge on any atom is -0.274 e. The Morgan fingerprint density at radius 3 is 2.09 bits per heavy atom. The molecule has 0 spiro atoms. The Morgan fingerprint density at radius 2 is 1.48 bits per heavy atom. The predicted octanol–water partition coefficient (Wildman–Crippen LogP) is 4.48. The first kappa shape index (κ1) is 23.2. The first-order chi connectivity index (χ1) is 15.7. The van der Waals surface area contributed by atoms with E-state index in [2.05, 4.69) is 0 Å². The summed E-state index contributed by atoms with van der Waals surface area (Å²) in [5.74, 6) is -1.02. The van der Waals surface area contributed by atoms with Crippen LogP contribution >= 0.6 is 11.6 Å². The molecule has 1 heterocycles. The van der Waals surface area contributed by atoms with Gasteiger partial charge in [-0.15, -0.1) is 0 Å². The molecule has 170 valence electrons. The zero-order chi connectivity index (χ0) is 23.8. The van der Waals surface area contributed by atoms with Crippen molar-refractivity contribution >= 4 is 39.1 Å². The molecule has 0 aromatic heterocycles. The average Bonchev–Trinajstić information content (AvgIpc) is 3.07. The van der Waals surface area contributed by atoms with Gasteiger partial charge in [-0.25, -0.2) is 13.3 Å². The van der Waals surface area contributed by atoms with Crippen molar-refractivity contribution in [2.45, 2.75) is 37.8 Å². The molecule has 1 fully saturated rings. The number of anilines is 1. The van der Waals surface area contributed by atoms with Gasteiger partial charge in [-0.2, -0.15) is 4.31 Å². The molecule has 4 rings (SSSR count). The summed E-state index contributed by atoms with van der Waals surface area (Å²) in [5.41, 5.74) is 2.85. The Bertz CT molecular complexity index is 1300. The summed E-state index contributed by atoms with van der Waals surface area (Å²) in [6.45, 7) is 3.62. The number of carbonyl (C=O) groups is 2. The number of sulfonamides is 1. The lowest BCUT2D eigenvalue weighted by Gasteiger charge is -2.27. The van der Waals surface area contributed by atoms with E-state index in [4.69, 9.17) is 11.6 Å². The maximum absolute atomic E-state index is 13.7. The number of benzene rings is 3. The van der Waals surface area contributed by atoms with E-state index in [1.165, 1.54) is 12.1 Å². The molecule has 1 aliphatic heterocycles. The van der Waals surface area contributed by atoms with E-state index in [-0.39, 0.29) is 17.9 Å². The zero-order valence-electron chi connectivity index (χ0n) is 18.2. The first-order valence-corrected chi connectivity index (χ1v) is 12.3. The fraction of sp³-hybridized carbons (Fsp3) is 0.200. The number of carbonyl (C=O) groups excluding carboxylic acids is 2. The Balaban J connectivity index is 1.77. The number of hydrogen-bond donors (Lipinski definition) is 0. The van der Waals surface area contributed by atoms with Gasteiger partial charge in [0.2, 0.25) is 15.9 Å². The fourth-order valence-electron chi connectivity index (χ4n) is 3.81. The number of nitrogens with zero attached hydrogens (tertiary/aromatic N) is 2. The van der Waals surface area contributed by atoms with Crippen molar-refractivity contribution in [3.05, 3.63) is 94.5 Å². The van der Waals surface area contributed by atoms with Gasteiger partial charge in [0.15, 0.2) is 0 Å². The highest BCUT2D eigenvalue weighted by molar-refractivity contribution is 7.89. The third-order valence-corrected chi connectivity index (χ3v) is 7.91. The van der Waals surface area contributed by atoms with Gasteiger partial charge in [0.25, 0.3) is 5.91 Å². The smallest absolute Gasteiger partial charge is 0.252 e. The van der Waals surface area contributed by atoms with E-state index in [0.717, 1.165) is 20.3 Å². The van der Waals surface area contributed by atoms with Crippen molar-refractivity contribution in [3.63, 3.8) is 0 Å². The number of halogens is 1. The second-order valence-electron chi connectivity index (χ2n) is 8.08. The van der Waals surface area contributed by atoms with Gasteiger partial charge < -0.3 is 0 Å². The molecule has 0 radical (unpaired) electrons. The van der Waals surface area contributed by atoms with Gasteiger partial charge in [-0.1, -0.05) is 65.2 Å². The third kappa shape index (κ3) is 4.57. The van der Waals surface area contributed by atoms with Crippen molar-refractivity contribution in [2.75, 3.05) is 4.90 Å². The number of aryl methyl sites for hydroxylation is 2. The normalized spacial score (nSPS) is 16.6. The summed E-state index contributed by atoms with van der Waals surface area (Å²) in [6, 6.07) is 19.0. The van der Waals surface area contributed by atoms with E-state index in [1.54, 1.807) is 60.7 Å². The fourth-order valence-corrected chi connectivity index (χ4v) is 5.56. The predicted molar refractivity (Wildman–Crippen MR) is 127 cm³/mol. The molecule has 0 N–H and O–H groups in total. The van der Waals surface area contributed by atoms with Crippen molar-refractivity contribution in [3.8, 4) is 0 Å². The summed E-state index contributed by atoms with van der Waals surface area (Å²) in [4.78, 5) is 27.4. The maximum atomic E-state index is 13.7. The molecule has 2 amide bonds. The topological polar surface area (TPSA) is 74.8 Å². The molecule has 1 saturated heterocycles. The molecule has 1 unspecified atom stereocenters. The maximum Gasteiger partial charge on any atom is 0.252 e. The molecule has 1 atom stereocenters. The lowest BCUT2D eigenvalue weighted by molar-refractivity contribution is -0.122. The van der Waals surface area contributed by atoms with Gasteiger partial charge in [0.05, 0.1) is 17.0 Å². The molecular weight excluding hydrogens is 460 g/mol. The average molecular weight is 483 g/mol. The Hall–Kier alpha value is -3.00. The van der Waals surface area contributed by atoms with E-state index < -0.39 is 27.9 Å². The van der Waals surface area contributed by atoms with E-state index in [1.807, 2.05) is 13.8 Å². The standard InChI is InChI=1S/C25H23ClN2O4S/c1-17-7-11-20(12-8-17)28-24(29)15-23(25(28)30)27(16-19-5-3-4-6-22(19)26)33(31,32)21-13-9-18(2)10-14-21/h3-14,23H,15-16H2,1-2H3. The number of amides is 2. The molecule has 3 aromatic carbocycles. The van der Waals surface area contributed by atoms with Gasteiger partial charge in [-0.3, -0.25) is 9.59 Å². The summed E-state index contributed by atoms with van der Waals surface area (Å²) < 4.78 is 28.5. The molecule has 8 heteroatoms. The van der Waals surface area contributed by atoms with E-state index >= 15 is 0 Å². The van der Waals surface area contributed by atoms with Crippen LogP contribution < -0.4 is 4.90 Å².